The number of nitrogens with zero attached hydrogens (tertiary/aromatic N) is 1. The third-order valence-corrected chi connectivity index (χ3v) is 7.93. The van der Waals surface area contributed by atoms with E-state index in [1.165, 1.54) is 0 Å². The van der Waals surface area contributed by atoms with Crippen molar-refractivity contribution >= 4 is 6.03 Å². The fourth-order valence-electron chi connectivity index (χ4n) is 5.15. The lowest BCUT2D eigenvalue weighted by atomic mass is 9.89. The minimum absolute atomic E-state index is 0.0105. The van der Waals surface area contributed by atoms with Crippen molar-refractivity contribution in [2.75, 3.05) is 20.1 Å². The predicted molar refractivity (Wildman–Crippen MR) is 159 cm³/mol. The number of carbonyl (C=O) groups excluding carboxylic acids is 1. The molecule has 8 nitrogen and oxygen atoms in total. The standard InChI is InChI=1S/C33H43N3O5/c1-5-34-33(39)35-19-24-11-17-28(18-12-24)32-40-29(20-36(4)23(3)30(38)26-9-7-6-8-10-26)22(2)31(41-32)27-15-13-25(21-37)14-16-27/h6-18,22-23,29-32,37-38H,5,19-21H2,1-4H3,(H2,34,35,39)/t22-,23+,29+,30+,31+,32+/m0/s1. The van der Waals surface area contributed by atoms with Crippen LogP contribution in [0.1, 0.15) is 67.1 Å². The Morgan fingerprint density at radius 3 is 2.20 bits per heavy atom. The van der Waals surface area contributed by atoms with Gasteiger partial charge in [0.25, 0.3) is 0 Å². The highest BCUT2D eigenvalue weighted by molar-refractivity contribution is 5.73. The molecule has 8 heteroatoms. The largest absolute Gasteiger partial charge is 0.392 e. The van der Waals surface area contributed by atoms with E-state index in [1.54, 1.807) is 0 Å². The van der Waals surface area contributed by atoms with E-state index >= 15 is 0 Å². The highest BCUT2D eigenvalue weighted by Gasteiger charge is 2.39. The lowest BCUT2D eigenvalue weighted by molar-refractivity contribution is -0.276. The molecule has 0 unspecified atom stereocenters. The van der Waals surface area contributed by atoms with Crippen molar-refractivity contribution in [3.8, 4) is 0 Å². The van der Waals surface area contributed by atoms with Gasteiger partial charge in [-0.1, -0.05) is 85.8 Å². The van der Waals surface area contributed by atoms with Crippen molar-refractivity contribution in [2.45, 2.75) is 64.6 Å². The normalized spacial score (nSPS) is 22.2. The fraction of sp³-hybridized carbons (Fsp3) is 0.424. The second-order valence-electron chi connectivity index (χ2n) is 10.8. The Hall–Kier alpha value is -3.27. The quantitative estimate of drug-likeness (QED) is 0.267. The molecule has 3 aromatic carbocycles. The van der Waals surface area contributed by atoms with Crippen molar-refractivity contribution in [3.63, 3.8) is 0 Å². The summed E-state index contributed by atoms with van der Waals surface area (Å²) in [6, 6.07) is 25.1. The maximum Gasteiger partial charge on any atom is 0.315 e. The van der Waals surface area contributed by atoms with Crippen molar-refractivity contribution in [1.29, 1.82) is 0 Å². The summed E-state index contributed by atoms with van der Waals surface area (Å²) in [4.78, 5) is 13.9. The van der Waals surface area contributed by atoms with Crippen molar-refractivity contribution in [1.82, 2.24) is 15.5 Å². The highest BCUT2D eigenvalue weighted by atomic mass is 16.7. The van der Waals surface area contributed by atoms with Gasteiger partial charge in [-0.05, 0) is 43.1 Å². The Balaban J connectivity index is 1.52. The second kappa shape index (κ2) is 14.6. The molecule has 0 saturated carbocycles. The first-order chi connectivity index (χ1) is 19.8. The zero-order valence-corrected chi connectivity index (χ0v) is 24.4. The summed E-state index contributed by atoms with van der Waals surface area (Å²) in [5.41, 5.74) is 4.62. The summed E-state index contributed by atoms with van der Waals surface area (Å²) in [6.45, 7) is 7.62. The molecule has 1 fully saturated rings. The van der Waals surface area contributed by atoms with Crippen LogP contribution in [0.2, 0.25) is 0 Å². The zero-order chi connectivity index (χ0) is 29.4. The van der Waals surface area contributed by atoms with E-state index in [0.29, 0.717) is 19.6 Å². The van der Waals surface area contributed by atoms with E-state index in [2.05, 4.69) is 22.5 Å². The summed E-state index contributed by atoms with van der Waals surface area (Å²) in [7, 11) is 2.01. The minimum atomic E-state index is -0.630. The third kappa shape index (κ3) is 7.93. The molecule has 1 saturated heterocycles. The molecule has 0 bridgehead atoms. The second-order valence-corrected chi connectivity index (χ2v) is 10.8. The molecule has 0 aromatic heterocycles. The van der Waals surface area contributed by atoms with Crippen LogP contribution in [-0.2, 0) is 22.6 Å². The number of hydrogen-bond donors (Lipinski definition) is 4. The molecule has 0 aliphatic carbocycles. The summed E-state index contributed by atoms with van der Waals surface area (Å²) >= 11 is 0. The van der Waals surface area contributed by atoms with Crippen LogP contribution in [0.25, 0.3) is 0 Å². The number of amides is 2. The van der Waals surface area contributed by atoms with E-state index in [9.17, 15) is 15.0 Å². The van der Waals surface area contributed by atoms with Gasteiger partial charge in [-0.15, -0.1) is 0 Å². The molecule has 2 amide bonds. The minimum Gasteiger partial charge on any atom is -0.392 e. The van der Waals surface area contributed by atoms with Crippen LogP contribution in [0.15, 0.2) is 78.9 Å². The van der Waals surface area contributed by atoms with E-state index < -0.39 is 12.4 Å². The monoisotopic (exact) mass is 561 g/mol. The smallest absolute Gasteiger partial charge is 0.315 e. The van der Waals surface area contributed by atoms with Crippen molar-refractivity contribution < 1.29 is 24.5 Å². The highest BCUT2D eigenvalue weighted by Crippen LogP contribution is 2.42. The van der Waals surface area contributed by atoms with Gasteiger partial charge in [-0.25, -0.2) is 4.79 Å². The van der Waals surface area contributed by atoms with Crippen molar-refractivity contribution in [2.24, 2.45) is 5.92 Å². The van der Waals surface area contributed by atoms with E-state index in [1.807, 2.05) is 99.8 Å². The number of aliphatic hydroxyl groups excluding tert-OH is 2. The SMILES string of the molecule is CCNC(=O)NCc1ccc([C@@H]2O[C@H](CN(C)[C@H](C)[C@@H](O)c3ccccc3)[C@H](C)[C@H](c3ccc(CO)cc3)O2)cc1. The number of carbonyl (C=O) groups is 1. The molecule has 4 rings (SSSR count). The summed E-state index contributed by atoms with van der Waals surface area (Å²) in [6.07, 6.45) is -1.62. The van der Waals surface area contributed by atoms with Gasteiger partial charge in [0.15, 0.2) is 6.29 Å². The number of nitrogens with one attached hydrogen (secondary N) is 2. The van der Waals surface area contributed by atoms with E-state index in [0.717, 1.165) is 27.8 Å². The molecule has 0 spiro atoms. The average molecular weight is 562 g/mol. The molecule has 3 aromatic rings. The molecule has 1 aliphatic rings. The molecule has 1 heterocycles. The van der Waals surface area contributed by atoms with Crippen LogP contribution in [0.3, 0.4) is 0 Å². The van der Waals surface area contributed by atoms with E-state index in [-0.39, 0.29) is 36.8 Å². The van der Waals surface area contributed by atoms with Gasteiger partial charge in [0, 0.05) is 37.2 Å². The molecule has 0 radical (unpaired) electrons. The number of urea groups is 1. The maximum atomic E-state index is 11.8. The topological polar surface area (TPSA) is 103 Å². The number of benzene rings is 3. The Morgan fingerprint density at radius 1 is 0.927 bits per heavy atom. The lowest BCUT2D eigenvalue weighted by Gasteiger charge is -2.43. The molecular formula is C33H43N3O5. The van der Waals surface area contributed by atoms with Crippen LogP contribution < -0.4 is 10.6 Å². The molecule has 4 N–H and O–H groups in total. The van der Waals surface area contributed by atoms with Crippen LogP contribution >= 0.6 is 0 Å². The Morgan fingerprint density at radius 2 is 1.56 bits per heavy atom. The first kappa shape index (κ1) is 30.7. The van der Waals surface area contributed by atoms with Gasteiger partial charge in [-0.3, -0.25) is 4.90 Å². The number of hydrogen-bond acceptors (Lipinski definition) is 6. The van der Waals surface area contributed by atoms with Crippen LogP contribution in [0.5, 0.6) is 0 Å². The molecule has 6 atom stereocenters. The van der Waals surface area contributed by atoms with Gasteiger partial charge in [-0.2, -0.15) is 0 Å². The predicted octanol–water partition coefficient (Wildman–Crippen LogP) is 4.84. The Kier molecular flexibility index (Phi) is 10.9. The van der Waals surface area contributed by atoms with Gasteiger partial charge in [0.1, 0.15) is 0 Å². The van der Waals surface area contributed by atoms with Crippen molar-refractivity contribution in [3.05, 3.63) is 107 Å². The van der Waals surface area contributed by atoms with Crippen LogP contribution in [0.4, 0.5) is 4.79 Å². The summed E-state index contributed by atoms with van der Waals surface area (Å²) < 4.78 is 13.2. The maximum absolute atomic E-state index is 11.8. The average Bonchev–Trinajstić information content (AvgIpc) is 3.01. The van der Waals surface area contributed by atoms with Gasteiger partial charge < -0.3 is 30.3 Å². The van der Waals surface area contributed by atoms with Crippen LogP contribution in [0, 0.1) is 5.92 Å². The number of rotatable bonds is 11. The first-order valence-electron chi connectivity index (χ1n) is 14.3. The lowest BCUT2D eigenvalue weighted by Crippen LogP contribution is -2.46. The Bertz CT molecular complexity index is 1220. The molecular weight excluding hydrogens is 518 g/mol. The zero-order valence-electron chi connectivity index (χ0n) is 24.4. The van der Waals surface area contributed by atoms with Gasteiger partial charge in [0.05, 0.1) is 24.9 Å². The Labute approximate surface area is 243 Å². The van der Waals surface area contributed by atoms with Crippen LogP contribution in [-0.4, -0.2) is 53.4 Å². The van der Waals surface area contributed by atoms with Gasteiger partial charge >= 0.3 is 6.03 Å². The molecule has 1 aliphatic heterocycles. The summed E-state index contributed by atoms with van der Waals surface area (Å²) in [5, 5.41) is 26.1. The number of likely N-dealkylation sites (N-methyl/N-ethyl adjacent to an activating group) is 1. The third-order valence-electron chi connectivity index (χ3n) is 7.93. The van der Waals surface area contributed by atoms with E-state index in [4.69, 9.17) is 9.47 Å². The number of aliphatic hydroxyl groups is 2. The molecule has 220 valence electrons. The number of ether oxygens (including phenoxy) is 2. The summed E-state index contributed by atoms with van der Waals surface area (Å²) in [5.74, 6) is 0.0234. The molecule has 41 heavy (non-hydrogen) atoms. The first-order valence-corrected chi connectivity index (χ1v) is 14.3. The van der Waals surface area contributed by atoms with Gasteiger partial charge in [0.2, 0.25) is 0 Å². The fourth-order valence-corrected chi connectivity index (χ4v) is 5.15.